The van der Waals surface area contributed by atoms with Gasteiger partial charge in [-0.2, -0.15) is 5.10 Å². The van der Waals surface area contributed by atoms with E-state index in [9.17, 15) is 18.4 Å². The fourth-order valence-electron chi connectivity index (χ4n) is 2.87. The summed E-state index contributed by atoms with van der Waals surface area (Å²) in [6.45, 7) is 2.26. The van der Waals surface area contributed by atoms with Crippen molar-refractivity contribution >= 4 is 11.9 Å². The number of carboxylic acid groups (broad SMARTS) is 1. The first kappa shape index (κ1) is 18.0. The van der Waals surface area contributed by atoms with Gasteiger partial charge in [0, 0.05) is 44.5 Å². The van der Waals surface area contributed by atoms with Crippen LogP contribution < -0.4 is 0 Å². The minimum absolute atomic E-state index is 0.0275. The van der Waals surface area contributed by atoms with Crippen LogP contribution in [0.3, 0.4) is 0 Å². The van der Waals surface area contributed by atoms with Gasteiger partial charge in [-0.3, -0.25) is 14.4 Å². The van der Waals surface area contributed by atoms with Crippen molar-refractivity contribution in [3.8, 4) is 0 Å². The summed E-state index contributed by atoms with van der Waals surface area (Å²) in [6, 6.07) is 4.11. The fourth-order valence-corrected chi connectivity index (χ4v) is 2.87. The van der Waals surface area contributed by atoms with E-state index in [2.05, 4.69) is 5.10 Å². The van der Waals surface area contributed by atoms with Crippen molar-refractivity contribution in [1.82, 2.24) is 19.6 Å². The third kappa shape index (κ3) is 4.05. The number of piperazine rings is 1. The van der Waals surface area contributed by atoms with Gasteiger partial charge in [-0.15, -0.1) is 0 Å². The van der Waals surface area contributed by atoms with Gasteiger partial charge in [0.2, 0.25) is 5.91 Å². The lowest BCUT2D eigenvalue weighted by atomic mass is 10.1. The SMILES string of the molecule is O=C(O)c1cnn(CC(=O)N2CCN(Cc3cccc(F)c3F)CC2)c1. The minimum Gasteiger partial charge on any atom is -0.478 e. The average Bonchev–Trinajstić information content (AvgIpc) is 3.08. The van der Waals surface area contributed by atoms with Crippen LogP contribution in [0.15, 0.2) is 30.6 Å². The highest BCUT2D eigenvalue weighted by Crippen LogP contribution is 2.15. The number of halogens is 2. The summed E-state index contributed by atoms with van der Waals surface area (Å²) in [5, 5.41) is 12.7. The third-order valence-electron chi connectivity index (χ3n) is 4.33. The van der Waals surface area contributed by atoms with Crippen molar-refractivity contribution in [2.75, 3.05) is 26.2 Å². The molecule has 2 heterocycles. The van der Waals surface area contributed by atoms with Gasteiger partial charge in [0.05, 0.1) is 11.8 Å². The van der Waals surface area contributed by atoms with Gasteiger partial charge in [0.15, 0.2) is 11.6 Å². The van der Waals surface area contributed by atoms with Crippen LogP contribution in [0.2, 0.25) is 0 Å². The van der Waals surface area contributed by atoms with E-state index >= 15 is 0 Å². The highest BCUT2D eigenvalue weighted by atomic mass is 19.2. The number of rotatable bonds is 5. The van der Waals surface area contributed by atoms with Crippen LogP contribution in [0.1, 0.15) is 15.9 Å². The summed E-state index contributed by atoms with van der Waals surface area (Å²) in [7, 11) is 0. The van der Waals surface area contributed by atoms with Gasteiger partial charge in [0.25, 0.3) is 0 Å². The van der Waals surface area contributed by atoms with Gasteiger partial charge < -0.3 is 10.0 Å². The Morgan fingerprint density at radius 1 is 1.15 bits per heavy atom. The number of hydrogen-bond acceptors (Lipinski definition) is 4. The second-order valence-corrected chi connectivity index (χ2v) is 6.10. The molecule has 138 valence electrons. The van der Waals surface area contributed by atoms with Gasteiger partial charge in [-0.1, -0.05) is 12.1 Å². The lowest BCUT2D eigenvalue weighted by Crippen LogP contribution is -2.49. The molecule has 0 spiro atoms. The number of amides is 1. The van der Waals surface area contributed by atoms with Crippen LogP contribution >= 0.6 is 0 Å². The first-order valence-corrected chi connectivity index (χ1v) is 8.13. The Labute approximate surface area is 148 Å². The summed E-state index contributed by atoms with van der Waals surface area (Å²) in [5.41, 5.74) is 0.322. The molecule has 1 aromatic heterocycles. The maximum absolute atomic E-state index is 13.7. The van der Waals surface area contributed by atoms with E-state index < -0.39 is 17.6 Å². The first-order chi connectivity index (χ1) is 12.4. The molecule has 9 heteroatoms. The molecule has 0 radical (unpaired) electrons. The predicted molar refractivity (Wildman–Crippen MR) is 87.4 cm³/mol. The molecule has 1 saturated heterocycles. The molecule has 1 aromatic carbocycles. The highest BCUT2D eigenvalue weighted by molar-refractivity contribution is 5.87. The van der Waals surface area contributed by atoms with E-state index in [1.165, 1.54) is 23.1 Å². The molecular weight excluding hydrogens is 346 g/mol. The van der Waals surface area contributed by atoms with Crippen molar-refractivity contribution in [3.05, 3.63) is 53.4 Å². The number of aromatic nitrogens is 2. The summed E-state index contributed by atoms with van der Waals surface area (Å²) < 4.78 is 28.3. The standard InChI is InChI=1S/C17H18F2N4O3/c18-14-3-1-2-12(16(14)19)9-21-4-6-22(7-5-21)15(24)11-23-10-13(8-20-23)17(25)26/h1-3,8,10H,4-7,9,11H2,(H,25,26). The maximum atomic E-state index is 13.7. The van der Waals surface area contributed by atoms with E-state index in [0.29, 0.717) is 31.7 Å². The summed E-state index contributed by atoms with van der Waals surface area (Å²) in [6.07, 6.45) is 2.50. The normalized spacial score (nSPS) is 15.2. The number of nitrogens with zero attached hydrogens (tertiary/aromatic N) is 4. The molecule has 0 bridgehead atoms. The van der Waals surface area contributed by atoms with Crippen LogP contribution in [0.4, 0.5) is 8.78 Å². The third-order valence-corrected chi connectivity index (χ3v) is 4.33. The zero-order valence-corrected chi connectivity index (χ0v) is 13.9. The molecule has 26 heavy (non-hydrogen) atoms. The van der Waals surface area contributed by atoms with Gasteiger partial charge in [0.1, 0.15) is 6.54 Å². The lowest BCUT2D eigenvalue weighted by Gasteiger charge is -2.34. The molecule has 0 atom stereocenters. The molecule has 0 saturated carbocycles. The number of carbonyl (C=O) groups excluding carboxylic acids is 1. The molecule has 3 rings (SSSR count). The van der Waals surface area contributed by atoms with Gasteiger partial charge in [-0.05, 0) is 6.07 Å². The zero-order valence-electron chi connectivity index (χ0n) is 13.9. The predicted octanol–water partition coefficient (Wildman–Crippen LogP) is 1.20. The van der Waals surface area contributed by atoms with Crippen molar-refractivity contribution < 1.29 is 23.5 Å². The second kappa shape index (κ2) is 7.61. The molecule has 7 nitrogen and oxygen atoms in total. The van der Waals surface area contributed by atoms with Crippen LogP contribution in [0.25, 0.3) is 0 Å². The Balaban J connectivity index is 1.52. The Bertz CT molecular complexity index is 816. The number of carbonyl (C=O) groups is 2. The smallest absolute Gasteiger partial charge is 0.338 e. The number of aromatic carboxylic acids is 1. The Morgan fingerprint density at radius 3 is 2.54 bits per heavy atom. The lowest BCUT2D eigenvalue weighted by molar-refractivity contribution is -0.133. The molecule has 1 fully saturated rings. The molecule has 1 aliphatic heterocycles. The molecule has 0 unspecified atom stereocenters. The molecule has 1 aliphatic rings. The van der Waals surface area contributed by atoms with Crippen LogP contribution in [-0.2, 0) is 17.9 Å². The molecule has 2 aromatic rings. The van der Waals surface area contributed by atoms with E-state index in [1.807, 2.05) is 4.90 Å². The summed E-state index contributed by atoms with van der Waals surface area (Å²) >= 11 is 0. The van der Waals surface area contributed by atoms with Gasteiger partial charge >= 0.3 is 5.97 Å². The highest BCUT2D eigenvalue weighted by Gasteiger charge is 2.22. The Hall–Kier alpha value is -2.81. The zero-order chi connectivity index (χ0) is 18.7. The maximum Gasteiger partial charge on any atom is 0.338 e. The summed E-state index contributed by atoms with van der Waals surface area (Å²) in [5.74, 6) is -2.96. The van der Waals surface area contributed by atoms with Crippen LogP contribution in [-0.4, -0.2) is 62.7 Å². The fraction of sp³-hybridized carbons (Fsp3) is 0.353. The van der Waals surface area contributed by atoms with Gasteiger partial charge in [-0.25, -0.2) is 13.6 Å². The number of hydrogen-bond donors (Lipinski definition) is 1. The quantitative estimate of drug-likeness (QED) is 0.863. The molecule has 1 amide bonds. The number of carboxylic acids is 1. The monoisotopic (exact) mass is 364 g/mol. The van der Waals surface area contributed by atoms with E-state index in [0.717, 1.165) is 6.07 Å². The topological polar surface area (TPSA) is 78.7 Å². The van der Waals surface area contributed by atoms with Crippen molar-refractivity contribution in [2.24, 2.45) is 0 Å². The van der Waals surface area contributed by atoms with Crippen molar-refractivity contribution in [1.29, 1.82) is 0 Å². The summed E-state index contributed by atoms with van der Waals surface area (Å²) in [4.78, 5) is 26.7. The van der Waals surface area contributed by atoms with Crippen LogP contribution in [0.5, 0.6) is 0 Å². The van der Waals surface area contributed by atoms with Crippen molar-refractivity contribution in [3.63, 3.8) is 0 Å². The number of benzene rings is 1. The minimum atomic E-state index is -1.10. The Kier molecular flexibility index (Phi) is 5.27. The molecule has 0 aliphatic carbocycles. The average molecular weight is 364 g/mol. The van der Waals surface area contributed by atoms with Crippen LogP contribution in [0, 0.1) is 11.6 Å². The van der Waals surface area contributed by atoms with E-state index in [1.54, 1.807) is 11.0 Å². The Morgan fingerprint density at radius 2 is 1.88 bits per heavy atom. The molecular formula is C17H18F2N4O3. The van der Waals surface area contributed by atoms with Crippen molar-refractivity contribution in [2.45, 2.75) is 13.1 Å². The molecule has 1 N–H and O–H groups in total. The van der Waals surface area contributed by atoms with E-state index in [-0.39, 0.29) is 24.6 Å². The second-order valence-electron chi connectivity index (χ2n) is 6.10. The largest absolute Gasteiger partial charge is 0.478 e. The first-order valence-electron chi connectivity index (χ1n) is 8.13. The van der Waals surface area contributed by atoms with E-state index in [4.69, 9.17) is 5.11 Å².